The van der Waals surface area contributed by atoms with Crippen molar-refractivity contribution in [3.63, 3.8) is 0 Å². The molecule has 2 aliphatic rings. The Kier molecular flexibility index (Phi) is 15.5. The zero-order valence-corrected chi connectivity index (χ0v) is 27.3. The van der Waals surface area contributed by atoms with Crippen LogP contribution in [0.15, 0.2) is 48.5 Å². The normalized spacial score (nSPS) is 17.3. The van der Waals surface area contributed by atoms with Crippen molar-refractivity contribution < 1.29 is 48.7 Å². The third-order valence-electron chi connectivity index (χ3n) is 8.45. The summed E-state index contributed by atoms with van der Waals surface area (Å²) in [6, 6.07) is 14.6. The fourth-order valence-corrected chi connectivity index (χ4v) is 5.57. The predicted molar refractivity (Wildman–Crippen MR) is 172 cm³/mol. The number of benzene rings is 2. The Morgan fingerprint density at radius 3 is 1.98 bits per heavy atom. The number of hydrogen-bond donors (Lipinski definition) is 4. The molecule has 2 heterocycles. The maximum atomic E-state index is 13.6. The van der Waals surface area contributed by atoms with E-state index in [9.17, 15) is 18.8 Å². The van der Waals surface area contributed by atoms with Crippen LogP contribution in [0.5, 0.6) is 5.75 Å². The van der Waals surface area contributed by atoms with Crippen molar-refractivity contribution in [1.82, 2.24) is 9.80 Å². The molecule has 12 heteroatoms. The molecule has 2 fully saturated rings. The second-order valence-electron chi connectivity index (χ2n) is 12.7. The Morgan fingerprint density at radius 2 is 1.45 bits per heavy atom. The number of hydrogen-bond acceptors (Lipinski definition) is 8. The van der Waals surface area contributed by atoms with Gasteiger partial charge in [-0.05, 0) is 85.9 Å². The molecule has 47 heavy (non-hydrogen) atoms. The van der Waals surface area contributed by atoms with Gasteiger partial charge in [-0.3, -0.25) is 4.79 Å². The third kappa shape index (κ3) is 13.2. The minimum atomic E-state index is -2.27. The molecule has 0 saturated carbocycles. The number of carboxylic acid groups (broad SMARTS) is 2. The molecule has 11 nitrogen and oxygen atoms in total. The lowest BCUT2D eigenvalue weighted by Crippen LogP contribution is -2.47. The lowest BCUT2D eigenvalue weighted by atomic mass is 9.95. The van der Waals surface area contributed by atoms with Gasteiger partial charge in [-0.2, -0.15) is 0 Å². The summed E-state index contributed by atoms with van der Waals surface area (Å²) in [7, 11) is 0. The van der Waals surface area contributed by atoms with Crippen LogP contribution < -0.4 is 4.74 Å². The molecular formula is C35H49FN2O9. The van der Waals surface area contributed by atoms with E-state index in [4.69, 9.17) is 29.9 Å². The average molecular weight is 661 g/mol. The number of nitrogens with zero attached hydrogens (tertiary/aromatic N) is 2. The van der Waals surface area contributed by atoms with Crippen molar-refractivity contribution in [1.29, 1.82) is 0 Å². The van der Waals surface area contributed by atoms with Crippen LogP contribution in [0, 0.1) is 17.7 Å². The Labute approximate surface area is 275 Å². The number of rotatable bonds is 14. The van der Waals surface area contributed by atoms with E-state index in [0.29, 0.717) is 25.5 Å². The quantitative estimate of drug-likeness (QED) is 0.236. The van der Waals surface area contributed by atoms with Gasteiger partial charge >= 0.3 is 11.9 Å². The monoisotopic (exact) mass is 660 g/mol. The summed E-state index contributed by atoms with van der Waals surface area (Å²) in [5.74, 6) is -1.58. The molecule has 2 saturated heterocycles. The Morgan fingerprint density at radius 1 is 0.894 bits per heavy atom. The van der Waals surface area contributed by atoms with Crippen LogP contribution in [0.4, 0.5) is 4.39 Å². The van der Waals surface area contributed by atoms with Gasteiger partial charge in [0, 0.05) is 38.9 Å². The molecule has 4 N–H and O–H groups in total. The average Bonchev–Trinajstić information content (AvgIpc) is 3.07. The van der Waals surface area contributed by atoms with E-state index in [0.717, 1.165) is 68.5 Å². The van der Waals surface area contributed by atoms with Crippen molar-refractivity contribution >= 4 is 17.8 Å². The molecule has 0 aromatic heterocycles. The maximum absolute atomic E-state index is 13.6. The van der Waals surface area contributed by atoms with E-state index in [1.807, 2.05) is 29.2 Å². The van der Waals surface area contributed by atoms with Gasteiger partial charge in [-0.1, -0.05) is 38.1 Å². The molecule has 0 radical (unpaired) electrons. The smallest absolute Gasteiger partial charge is 0.335 e. The van der Waals surface area contributed by atoms with Crippen molar-refractivity contribution in [2.24, 2.45) is 11.8 Å². The van der Waals surface area contributed by atoms with Gasteiger partial charge in [0.25, 0.3) is 0 Å². The van der Waals surface area contributed by atoms with Crippen LogP contribution in [0.1, 0.15) is 57.1 Å². The summed E-state index contributed by atoms with van der Waals surface area (Å²) < 4.78 is 24.8. The van der Waals surface area contributed by atoms with Crippen LogP contribution >= 0.6 is 0 Å². The van der Waals surface area contributed by atoms with E-state index < -0.39 is 24.1 Å². The summed E-state index contributed by atoms with van der Waals surface area (Å²) in [6.07, 6.45) is 1.38. The minimum Gasteiger partial charge on any atom is -0.493 e. The van der Waals surface area contributed by atoms with Gasteiger partial charge in [0.05, 0.1) is 13.0 Å². The van der Waals surface area contributed by atoms with E-state index in [2.05, 4.69) is 18.7 Å². The maximum Gasteiger partial charge on any atom is 0.335 e. The van der Waals surface area contributed by atoms with Crippen LogP contribution in [0.3, 0.4) is 0 Å². The zero-order chi connectivity index (χ0) is 34.3. The number of aliphatic hydroxyl groups is 2. The van der Waals surface area contributed by atoms with Crippen LogP contribution in [0.25, 0.3) is 0 Å². The summed E-state index contributed by atoms with van der Waals surface area (Å²) in [5.41, 5.74) is 1.95. The van der Waals surface area contributed by atoms with Gasteiger partial charge in [-0.15, -0.1) is 0 Å². The molecule has 2 unspecified atom stereocenters. The molecule has 1 amide bonds. The highest BCUT2D eigenvalue weighted by atomic mass is 19.1. The molecule has 0 spiro atoms. The lowest BCUT2D eigenvalue weighted by molar-refractivity contribution is -0.165. The number of halogens is 1. The van der Waals surface area contributed by atoms with Gasteiger partial charge < -0.3 is 39.7 Å². The fourth-order valence-electron chi connectivity index (χ4n) is 5.57. The van der Waals surface area contributed by atoms with Gasteiger partial charge in [0.1, 0.15) is 11.6 Å². The number of ether oxygens (including phenoxy) is 2. The zero-order valence-electron chi connectivity index (χ0n) is 27.3. The molecule has 4 rings (SSSR count). The number of piperidine rings is 1. The van der Waals surface area contributed by atoms with Crippen molar-refractivity contribution in [3.05, 3.63) is 65.5 Å². The molecule has 0 aliphatic carbocycles. The highest BCUT2D eigenvalue weighted by molar-refractivity contribution is 5.83. The molecule has 260 valence electrons. The molecular weight excluding hydrogens is 611 g/mol. The summed E-state index contributed by atoms with van der Waals surface area (Å²) in [6.45, 7) is 10.4. The summed E-state index contributed by atoms with van der Waals surface area (Å²) in [4.78, 5) is 37.7. The van der Waals surface area contributed by atoms with Crippen molar-refractivity contribution in [2.75, 3.05) is 39.5 Å². The van der Waals surface area contributed by atoms with E-state index in [-0.39, 0.29) is 17.8 Å². The molecule has 0 bridgehead atoms. The number of carbonyl (C=O) groups is 3. The largest absolute Gasteiger partial charge is 0.493 e. The molecule has 2 aliphatic heterocycles. The second kappa shape index (κ2) is 19.3. The van der Waals surface area contributed by atoms with E-state index in [1.165, 1.54) is 31.4 Å². The highest BCUT2D eigenvalue weighted by Crippen LogP contribution is 2.24. The SMILES string of the molecule is CC(C)COc1ccc(CC(=O)N(Cc2ccc(F)cc2)C2CCN(CCC3CCOCC3)CC2)cc1.O=C(O)C(O)C(O)C(=O)O. The lowest BCUT2D eigenvalue weighted by Gasteiger charge is -2.39. The minimum absolute atomic E-state index is 0.126. The summed E-state index contributed by atoms with van der Waals surface area (Å²) in [5, 5.41) is 32.5. The number of carboxylic acids is 2. The fraction of sp³-hybridized carbons (Fsp3) is 0.571. The first-order chi connectivity index (χ1) is 22.4. The first-order valence-electron chi connectivity index (χ1n) is 16.3. The van der Waals surface area contributed by atoms with Crippen molar-refractivity contribution in [3.8, 4) is 5.75 Å². The molecule has 2 aromatic carbocycles. The van der Waals surface area contributed by atoms with Crippen LogP contribution in [0.2, 0.25) is 0 Å². The first kappa shape index (κ1) is 37.9. The van der Waals surface area contributed by atoms with E-state index in [1.54, 1.807) is 12.1 Å². The number of carbonyl (C=O) groups excluding carboxylic acids is 1. The summed E-state index contributed by atoms with van der Waals surface area (Å²) >= 11 is 0. The standard InChI is InChI=1S/C31H43FN2O3.C4H6O6/c1-24(2)23-37-30-9-5-26(6-10-30)21-31(35)34(22-27-3-7-28(32)8-4-27)29-12-17-33(18-13-29)16-11-25-14-19-36-20-15-25;5-1(3(7)8)2(6)4(9)10/h3-10,24-25,29H,11-23H2,1-2H3;1-2,5-6H,(H,7,8)(H,9,10). The topological polar surface area (TPSA) is 157 Å². The Hall–Kier alpha value is -3.58. The van der Waals surface area contributed by atoms with Crippen LogP contribution in [-0.4, -0.2) is 106 Å². The third-order valence-corrected chi connectivity index (χ3v) is 8.45. The Balaban J connectivity index is 0.000000520. The van der Waals surface area contributed by atoms with Gasteiger partial charge in [0.15, 0.2) is 12.2 Å². The Bertz CT molecular complexity index is 1230. The van der Waals surface area contributed by atoms with Crippen molar-refractivity contribution in [2.45, 2.75) is 77.2 Å². The second-order valence-corrected chi connectivity index (χ2v) is 12.7. The number of amides is 1. The van der Waals surface area contributed by atoms with Gasteiger partial charge in [0.2, 0.25) is 5.91 Å². The number of aliphatic hydroxyl groups excluding tert-OH is 2. The molecule has 2 atom stereocenters. The first-order valence-corrected chi connectivity index (χ1v) is 16.3. The van der Waals surface area contributed by atoms with Gasteiger partial charge in [-0.25, -0.2) is 14.0 Å². The number of aliphatic carboxylic acids is 2. The highest BCUT2D eigenvalue weighted by Gasteiger charge is 2.30. The van der Waals surface area contributed by atoms with Crippen LogP contribution in [-0.2, 0) is 32.1 Å². The van der Waals surface area contributed by atoms with E-state index >= 15 is 0 Å². The number of likely N-dealkylation sites (tertiary alicyclic amines) is 1. The predicted octanol–water partition coefficient (Wildman–Crippen LogP) is 3.59. The molecule has 2 aromatic rings.